The van der Waals surface area contributed by atoms with Crippen molar-refractivity contribution < 1.29 is 4.79 Å². The van der Waals surface area contributed by atoms with Gasteiger partial charge in [0, 0.05) is 12.8 Å². The van der Waals surface area contributed by atoms with E-state index in [4.69, 9.17) is 0 Å². The SMILES string of the molecule is O=C1CCCCC(C2CCCCC2)C1. The van der Waals surface area contributed by atoms with E-state index in [0.29, 0.717) is 5.78 Å². The predicted molar refractivity (Wildman–Crippen MR) is 58.2 cm³/mol. The second-order valence-electron chi connectivity index (χ2n) is 5.15. The van der Waals surface area contributed by atoms with Gasteiger partial charge >= 0.3 is 0 Å². The Balaban J connectivity index is 1.90. The molecule has 14 heavy (non-hydrogen) atoms. The molecular formula is C13H22O. The number of carbonyl (C=O) groups excluding carboxylic acids is 1. The fourth-order valence-electron chi connectivity index (χ4n) is 3.23. The zero-order valence-corrected chi connectivity index (χ0v) is 9.13. The minimum atomic E-state index is 0.540. The third-order valence-corrected chi connectivity index (χ3v) is 4.09. The first-order chi connectivity index (χ1) is 6.86. The molecule has 0 amide bonds. The molecule has 1 nitrogen and oxygen atoms in total. The van der Waals surface area contributed by atoms with Gasteiger partial charge in [-0.25, -0.2) is 0 Å². The predicted octanol–water partition coefficient (Wildman–Crippen LogP) is 3.72. The minimum absolute atomic E-state index is 0.540. The summed E-state index contributed by atoms with van der Waals surface area (Å²) in [4.78, 5) is 11.5. The van der Waals surface area contributed by atoms with Gasteiger partial charge in [-0.1, -0.05) is 38.5 Å². The smallest absolute Gasteiger partial charge is 0.133 e. The summed E-state index contributed by atoms with van der Waals surface area (Å²) in [5.41, 5.74) is 0. The molecule has 0 aromatic rings. The molecule has 2 saturated carbocycles. The van der Waals surface area contributed by atoms with Crippen molar-refractivity contribution in [2.45, 2.75) is 64.2 Å². The first-order valence-corrected chi connectivity index (χ1v) is 6.38. The highest BCUT2D eigenvalue weighted by molar-refractivity contribution is 5.78. The van der Waals surface area contributed by atoms with Crippen LogP contribution in [-0.2, 0) is 4.79 Å². The molecule has 2 aliphatic carbocycles. The van der Waals surface area contributed by atoms with Crippen molar-refractivity contribution in [2.75, 3.05) is 0 Å². The number of Topliss-reactive ketones (excluding diaryl/α,β-unsaturated/α-hetero) is 1. The zero-order chi connectivity index (χ0) is 9.80. The van der Waals surface area contributed by atoms with Gasteiger partial charge in [-0.2, -0.15) is 0 Å². The topological polar surface area (TPSA) is 17.1 Å². The van der Waals surface area contributed by atoms with Crippen LogP contribution in [0.25, 0.3) is 0 Å². The van der Waals surface area contributed by atoms with E-state index in [2.05, 4.69) is 0 Å². The first-order valence-electron chi connectivity index (χ1n) is 6.38. The zero-order valence-electron chi connectivity index (χ0n) is 9.13. The molecule has 0 aromatic carbocycles. The van der Waals surface area contributed by atoms with Crippen LogP contribution < -0.4 is 0 Å². The highest BCUT2D eigenvalue weighted by Gasteiger charge is 2.26. The molecule has 0 aliphatic heterocycles. The Kier molecular flexibility index (Phi) is 3.61. The van der Waals surface area contributed by atoms with E-state index in [0.717, 1.165) is 31.1 Å². The van der Waals surface area contributed by atoms with Crippen LogP contribution in [0.2, 0.25) is 0 Å². The molecule has 0 saturated heterocycles. The monoisotopic (exact) mass is 194 g/mol. The highest BCUT2D eigenvalue weighted by atomic mass is 16.1. The summed E-state index contributed by atoms with van der Waals surface area (Å²) in [6.07, 6.45) is 12.6. The lowest BCUT2D eigenvalue weighted by Gasteiger charge is -2.29. The van der Waals surface area contributed by atoms with Crippen LogP contribution in [0.4, 0.5) is 0 Å². The molecule has 0 aromatic heterocycles. The number of carbonyl (C=O) groups is 1. The van der Waals surface area contributed by atoms with Gasteiger partial charge in [0.1, 0.15) is 5.78 Å². The molecule has 2 fully saturated rings. The van der Waals surface area contributed by atoms with Crippen molar-refractivity contribution in [2.24, 2.45) is 11.8 Å². The average Bonchev–Trinajstić information content (AvgIpc) is 2.44. The van der Waals surface area contributed by atoms with E-state index < -0.39 is 0 Å². The molecule has 2 rings (SSSR count). The summed E-state index contributed by atoms with van der Waals surface area (Å²) in [7, 11) is 0. The van der Waals surface area contributed by atoms with E-state index in [1.807, 2.05) is 0 Å². The van der Waals surface area contributed by atoms with Gasteiger partial charge in [-0.3, -0.25) is 4.79 Å². The van der Waals surface area contributed by atoms with Crippen LogP contribution in [-0.4, -0.2) is 5.78 Å². The van der Waals surface area contributed by atoms with Crippen LogP contribution in [0.1, 0.15) is 64.2 Å². The van der Waals surface area contributed by atoms with E-state index in [-0.39, 0.29) is 0 Å². The summed E-state index contributed by atoms with van der Waals surface area (Å²) in [5, 5.41) is 0. The first kappa shape index (κ1) is 10.2. The molecule has 1 unspecified atom stereocenters. The summed E-state index contributed by atoms with van der Waals surface area (Å²) in [6, 6.07) is 0. The van der Waals surface area contributed by atoms with Gasteiger partial charge in [0.2, 0.25) is 0 Å². The molecular weight excluding hydrogens is 172 g/mol. The lowest BCUT2D eigenvalue weighted by Crippen LogP contribution is -2.19. The molecule has 1 atom stereocenters. The molecule has 0 bridgehead atoms. The lowest BCUT2D eigenvalue weighted by molar-refractivity contribution is -0.120. The Hall–Kier alpha value is -0.330. The standard InChI is InChI=1S/C13H22O/c14-13-9-5-4-8-12(10-13)11-6-2-1-3-7-11/h11-12H,1-10H2. The van der Waals surface area contributed by atoms with Crippen LogP contribution in [0.3, 0.4) is 0 Å². The molecule has 0 N–H and O–H groups in total. The molecule has 0 radical (unpaired) electrons. The summed E-state index contributed by atoms with van der Waals surface area (Å²) >= 11 is 0. The maximum absolute atomic E-state index is 11.5. The van der Waals surface area contributed by atoms with E-state index in [1.54, 1.807) is 0 Å². The Morgan fingerprint density at radius 3 is 2.21 bits per heavy atom. The summed E-state index contributed by atoms with van der Waals surface area (Å²) < 4.78 is 0. The van der Waals surface area contributed by atoms with Gasteiger partial charge in [0.25, 0.3) is 0 Å². The quantitative estimate of drug-likeness (QED) is 0.581. The number of hydrogen-bond acceptors (Lipinski definition) is 1. The van der Waals surface area contributed by atoms with Crippen molar-refractivity contribution >= 4 is 5.78 Å². The maximum atomic E-state index is 11.5. The van der Waals surface area contributed by atoms with Gasteiger partial charge in [0.05, 0.1) is 0 Å². The highest BCUT2D eigenvalue weighted by Crippen LogP contribution is 2.36. The van der Waals surface area contributed by atoms with E-state index in [1.165, 1.54) is 44.9 Å². The molecule has 0 spiro atoms. The molecule has 80 valence electrons. The molecule has 1 heteroatoms. The van der Waals surface area contributed by atoms with Crippen LogP contribution in [0.15, 0.2) is 0 Å². The van der Waals surface area contributed by atoms with Crippen LogP contribution in [0, 0.1) is 11.8 Å². The third-order valence-electron chi connectivity index (χ3n) is 4.09. The van der Waals surface area contributed by atoms with Crippen LogP contribution in [0.5, 0.6) is 0 Å². The summed E-state index contributed by atoms with van der Waals surface area (Å²) in [6.45, 7) is 0. The number of ketones is 1. The second kappa shape index (κ2) is 4.95. The normalized spacial score (nSPS) is 31.4. The van der Waals surface area contributed by atoms with Crippen molar-refractivity contribution in [1.29, 1.82) is 0 Å². The Labute approximate surface area is 87.3 Å². The minimum Gasteiger partial charge on any atom is -0.300 e. The van der Waals surface area contributed by atoms with Crippen molar-refractivity contribution in [3.8, 4) is 0 Å². The van der Waals surface area contributed by atoms with Gasteiger partial charge in [-0.15, -0.1) is 0 Å². The Morgan fingerprint density at radius 2 is 1.43 bits per heavy atom. The van der Waals surface area contributed by atoms with Crippen molar-refractivity contribution in [3.05, 3.63) is 0 Å². The molecule has 0 heterocycles. The maximum Gasteiger partial charge on any atom is 0.133 e. The fourth-order valence-corrected chi connectivity index (χ4v) is 3.23. The Bertz CT molecular complexity index is 191. The number of rotatable bonds is 1. The summed E-state index contributed by atoms with van der Waals surface area (Å²) in [5.74, 6) is 2.19. The van der Waals surface area contributed by atoms with Gasteiger partial charge in [-0.05, 0) is 24.7 Å². The van der Waals surface area contributed by atoms with Crippen LogP contribution >= 0.6 is 0 Å². The van der Waals surface area contributed by atoms with E-state index in [9.17, 15) is 4.79 Å². The van der Waals surface area contributed by atoms with E-state index >= 15 is 0 Å². The largest absolute Gasteiger partial charge is 0.300 e. The van der Waals surface area contributed by atoms with Gasteiger partial charge in [0.15, 0.2) is 0 Å². The fraction of sp³-hybridized carbons (Fsp3) is 0.923. The lowest BCUT2D eigenvalue weighted by atomic mass is 9.77. The van der Waals surface area contributed by atoms with Crippen molar-refractivity contribution in [3.63, 3.8) is 0 Å². The van der Waals surface area contributed by atoms with Crippen molar-refractivity contribution in [1.82, 2.24) is 0 Å². The number of hydrogen-bond donors (Lipinski definition) is 0. The van der Waals surface area contributed by atoms with Gasteiger partial charge < -0.3 is 0 Å². The molecule has 2 aliphatic rings. The third kappa shape index (κ3) is 2.59. The Morgan fingerprint density at radius 1 is 0.786 bits per heavy atom. The average molecular weight is 194 g/mol. The second-order valence-corrected chi connectivity index (χ2v) is 5.15.